The molecule has 2 heterocycles. The summed E-state index contributed by atoms with van der Waals surface area (Å²) in [7, 11) is 1.53. The molecule has 146 valence electrons. The quantitative estimate of drug-likeness (QED) is 0.744. The van der Waals surface area contributed by atoms with Crippen LogP contribution in [0, 0.1) is 5.92 Å². The minimum absolute atomic E-state index is 0.00289. The van der Waals surface area contributed by atoms with E-state index in [-0.39, 0.29) is 24.0 Å². The standard InChI is InChI=1S/C21H28N2O4/c1-13(2)12-26-17-8-6-16(7-9-17)18-19(21(25)22(5)20(18)24)23-10-14(3)27-15(4)11-23/h6-9,13-15H,10-12H2,1-5H3. The Kier molecular flexibility index (Phi) is 5.56. The molecular formula is C21H28N2O4. The van der Waals surface area contributed by atoms with Crippen molar-refractivity contribution in [3.8, 4) is 5.75 Å². The maximum atomic E-state index is 12.8. The molecular weight excluding hydrogens is 344 g/mol. The lowest BCUT2D eigenvalue weighted by molar-refractivity contribution is -0.136. The second kappa shape index (κ2) is 7.72. The van der Waals surface area contributed by atoms with Crippen molar-refractivity contribution in [3.63, 3.8) is 0 Å². The Morgan fingerprint density at radius 2 is 1.67 bits per heavy atom. The molecule has 6 nitrogen and oxygen atoms in total. The van der Waals surface area contributed by atoms with Gasteiger partial charge in [0.1, 0.15) is 11.4 Å². The van der Waals surface area contributed by atoms with Crippen molar-refractivity contribution >= 4 is 17.4 Å². The molecule has 0 spiro atoms. The average Bonchev–Trinajstić information content (AvgIpc) is 2.83. The Labute approximate surface area is 160 Å². The third-order valence-electron chi connectivity index (χ3n) is 4.72. The highest BCUT2D eigenvalue weighted by molar-refractivity contribution is 6.35. The number of rotatable bonds is 5. The van der Waals surface area contributed by atoms with Crippen LogP contribution >= 0.6 is 0 Å². The van der Waals surface area contributed by atoms with Crippen LogP contribution in [0.15, 0.2) is 30.0 Å². The van der Waals surface area contributed by atoms with Crippen LogP contribution in [0.3, 0.4) is 0 Å². The minimum Gasteiger partial charge on any atom is -0.493 e. The topological polar surface area (TPSA) is 59.1 Å². The largest absolute Gasteiger partial charge is 0.493 e. The normalized spacial score (nSPS) is 23.6. The van der Waals surface area contributed by atoms with Crippen molar-refractivity contribution in [2.75, 3.05) is 26.7 Å². The predicted octanol–water partition coefficient (Wildman–Crippen LogP) is 2.54. The van der Waals surface area contributed by atoms with Crippen molar-refractivity contribution in [2.45, 2.75) is 39.9 Å². The minimum atomic E-state index is -0.266. The van der Waals surface area contributed by atoms with Gasteiger partial charge in [-0.1, -0.05) is 26.0 Å². The van der Waals surface area contributed by atoms with Gasteiger partial charge in [0.05, 0.1) is 24.4 Å². The number of hydrogen-bond donors (Lipinski definition) is 0. The first-order valence-electron chi connectivity index (χ1n) is 9.48. The van der Waals surface area contributed by atoms with Crippen molar-refractivity contribution in [3.05, 3.63) is 35.5 Å². The van der Waals surface area contributed by atoms with Gasteiger partial charge >= 0.3 is 0 Å². The number of morpholine rings is 1. The molecule has 0 aliphatic carbocycles. The van der Waals surface area contributed by atoms with Crippen molar-refractivity contribution in [1.29, 1.82) is 0 Å². The Bertz CT molecular complexity index is 744. The van der Waals surface area contributed by atoms with E-state index in [0.29, 0.717) is 36.9 Å². The van der Waals surface area contributed by atoms with E-state index in [4.69, 9.17) is 9.47 Å². The molecule has 0 bridgehead atoms. The second-order valence-corrected chi connectivity index (χ2v) is 7.78. The number of carbonyl (C=O) groups is 2. The highest BCUT2D eigenvalue weighted by Gasteiger charge is 2.41. The molecule has 2 aliphatic heterocycles. The maximum Gasteiger partial charge on any atom is 0.277 e. The van der Waals surface area contributed by atoms with E-state index < -0.39 is 0 Å². The zero-order valence-electron chi connectivity index (χ0n) is 16.7. The summed E-state index contributed by atoms with van der Waals surface area (Å²) in [4.78, 5) is 28.8. The van der Waals surface area contributed by atoms with Crippen LogP contribution < -0.4 is 4.74 Å². The fraction of sp³-hybridized carbons (Fsp3) is 0.524. The maximum absolute atomic E-state index is 12.8. The van der Waals surface area contributed by atoms with Crippen molar-refractivity contribution < 1.29 is 19.1 Å². The van der Waals surface area contributed by atoms with Gasteiger partial charge in [-0.05, 0) is 37.5 Å². The van der Waals surface area contributed by atoms with Crippen LogP contribution in [0.1, 0.15) is 33.3 Å². The molecule has 6 heteroatoms. The number of nitrogens with zero attached hydrogens (tertiary/aromatic N) is 2. The fourth-order valence-corrected chi connectivity index (χ4v) is 3.52. The molecule has 0 aromatic heterocycles. The first-order valence-corrected chi connectivity index (χ1v) is 9.48. The van der Waals surface area contributed by atoms with Crippen LogP contribution in [-0.4, -0.2) is 60.6 Å². The molecule has 2 aliphatic rings. The SMILES string of the molecule is CC(C)COc1ccc(C2=C(N3CC(C)OC(C)C3)C(=O)N(C)C2=O)cc1. The first kappa shape index (κ1) is 19.4. The summed E-state index contributed by atoms with van der Waals surface area (Å²) in [6.07, 6.45) is 0.00577. The van der Waals surface area contributed by atoms with E-state index in [9.17, 15) is 9.59 Å². The van der Waals surface area contributed by atoms with Gasteiger partial charge in [-0.2, -0.15) is 0 Å². The van der Waals surface area contributed by atoms with Gasteiger partial charge in [0.2, 0.25) is 0 Å². The zero-order chi connectivity index (χ0) is 19.7. The summed E-state index contributed by atoms with van der Waals surface area (Å²) < 4.78 is 11.5. The van der Waals surface area contributed by atoms with E-state index in [2.05, 4.69) is 13.8 Å². The average molecular weight is 372 g/mol. The van der Waals surface area contributed by atoms with E-state index in [0.717, 1.165) is 11.3 Å². The molecule has 0 radical (unpaired) electrons. The molecule has 0 N–H and O–H groups in total. The van der Waals surface area contributed by atoms with Gasteiger partial charge in [0.25, 0.3) is 11.8 Å². The number of amides is 2. The lowest BCUT2D eigenvalue weighted by Gasteiger charge is -2.37. The Morgan fingerprint density at radius 1 is 1.07 bits per heavy atom. The zero-order valence-corrected chi connectivity index (χ0v) is 16.7. The molecule has 2 amide bonds. The number of carbonyl (C=O) groups excluding carboxylic acids is 2. The van der Waals surface area contributed by atoms with Crippen LogP contribution in [0.2, 0.25) is 0 Å². The number of imide groups is 1. The van der Waals surface area contributed by atoms with E-state index >= 15 is 0 Å². The number of benzene rings is 1. The van der Waals surface area contributed by atoms with Gasteiger partial charge in [-0.25, -0.2) is 0 Å². The lowest BCUT2D eigenvalue weighted by atomic mass is 10.0. The summed E-state index contributed by atoms with van der Waals surface area (Å²) >= 11 is 0. The highest BCUT2D eigenvalue weighted by Crippen LogP contribution is 2.33. The molecule has 1 aromatic carbocycles. The number of ether oxygens (including phenoxy) is 2. The predicted molar refractivity (Wildman–Crippen MR) is 103 cm³/mol. The first-order chi connectivity index (χ1) is 12.8. The summed E-state index contributed by atoms with van der Waals surface area (Å²) in [5, 5.41) is 0. The smallest absolute Gasteiger partial charge is 0.277 e. The summed E-state index contributed by atoms with van der Waals surface area (Å²) in [6, 6.07) is 7.40. The van der Waals surface area contributed by atoms with E-state index in [1.54, 1.807) is 0 Å². The van der Waals surface area contributed by atoms with E-state index in [1.807, 2.05) is 43.0 Å². The lowest BCUT2D eigenvalue weighted by Crippen LogP contribution is -2.46. The Balaban J connectivity index is 1.94. The molecule has 1 fully saturated rings. The summed E-state index contributed by atoms with van der Waals surface area (Å²) in [5.41, 5.74) is 1.66. The van der Waals surface area contributed by atoms with E-state index in [1.165, 1.54) is 11.9 Å². The molecule has 27 heavy (non-hydrogen) atoms. The second-order valence-electron chi connectivity index (χ2n) is 7.78. The third kappa shape index (κ3) is 4.00. The molecule has 0 saturated carbocycles. The van der Waals surface area contributed by atoms with Gasteiger partial charge in [0.15, 0.2) is 0 Å². The Morgan fingerprint density at radius 3 is 2.22 bits per heavy atom. The third-order valence-corrected chi connectivity index (χ3v) is 4.72. The fourth-order valence-electron chi connectivity index (χ4n) is 3.52. The van der Waals surface area contributed by atoms with Gasteiger partial charge in [-0.15, -0.1) is 0 Å². The van der Waals surface area contributed by atoms with Crippen LogP contribution in [0.5, 0.6) is 5.75 Å². The van der Waals surface area contributed by atoms with Crippen LogP contribution in [-0.2, 0) is 14.3 Å². The summed E-state index contributed by atoms with van der Waals surface area (Å²) in [6.45, 7) is 9.96. The van der Waals surface area contributed by atoms with Gasteiger partial charge in [-0.3, -0.25) is 14.5 Å². The van der Waals surface area contributed by atoms with Gasteiger partial charge in [0, 0.05) is 20.1 Å². The van der Waals surface area contributed by atoms with Crippen LogP contribution in [0.4, 0.5) is 0 Å². The van der Waals surface area contributed by atoms with Crippen molar-refractivity contribution in [1.82, 2.24) is 9.80 Å². The Hall–Kier alpha value is -2.34. The molecule has 3 rings (SSSR count). The highest BCUT2D eigenvalue weighted by atomic mass is 16.5. The molecule has 2 unspecified atom stereocenters. The summed E-state index contributed by atoms with van der Waals surface area (Å²) in [5.74, 6) is 0.675. The molecule has 1 saturated heterocycles. The molecule has 1 aromatic rings. The van der Waals surface area contributed by atoms with Crippen molar-refractivity contribution in [2.24, 2.45) is 5.92 Å². The monoisotopic (exact) mass is 372 g/mol. The van der Waals surface area contributed by atoms with Gasteiger partial charge < -0.3 is 14.4 Å². The number of likely N-dealkylation sites (N-methyl/N-ethyl adjacent to an activating group) is 1. The molecule has 2 atom stereocenters. The van der Waals surface area contributed by atoms with Crippen LogP contribution in [0.25, 0.3) is 5.57 Å². The number of hydrogen-bond acceptors (Lipinski definition) is 5.